The number of nitrogen functional groups attached to an aromatic ring is 1. The van der Waals surface area contributed by atoms with Gasteiger partial charge in [-0.3, -0.25) is 0 Å². The third-order valence-electron chi connectivity index (χ3n) is 3.70. The maximum atomic E-state index is 12.6. The van der Waals surface area contributed by atoms with Gasteiger partial charge in [0.1, 0.15) is 0 Å². The van der Waals surface area contributed by atoms with Crippen molar-refractivity contribution in [3.8, 4) is 0 Å². The summed E-state index contributed by atoms with van der Waals surface area (Å²) in [6.45, 7) is 9.76. The van der Waals surface area contributed by atoms with Gasteiger partial charge < -0.3 is 5.73 Å². The number of hydrogen-bond acceptors (Lipinski definition) is 3. The Hall–Kier alpha value is -1.07. The van der Waals surface area contributed by atoms with Crippen molar-refractivity contribution in [3.05, 3.63) is 23.3 Å². The van der Waals surface area contributed by atoms with Crippen molar-refractivity contribution in [2.24, 2.45) is 5.92 Å². The summed E-state index contributed by atoms with van der Waals surface area (Å²) in [5.74, 6) is 0.238. The average molecular weight is 298 g/mol. The highest BCUT2D eigenvalue weighted by molar-refractivity contribution is 7.89. The minimum absolute atomic E-state index is 0.115. The molecule has 1 unspecified atom stereocenters. The van der Waals surface area contributed by atoms with Crippen LogP contribution in [0, 0.1) is 5.92 Å². The van der Waals surface area contributed by atoms with Crippen LogP contribution in [0.25, 0.3) is 0 Å². The molecule has 1 rings (SSSR count). The standard InChI is InChI=1S/C15H26N2O2S/c1-6-12-8-14(16)13(7-2)15(9-12)20(18,19)17-11(5)10(3)4/h8-11,17H,6-7,16H2,1-5H3. The van der Waals surface area contributed by atoms with E-state index in [1.165, 1.54) is 0 Å². The average Bonchev–Trinajstić information content (AvgIpc) is 2.36. The van der Waals surface area contributed by atoms with E-state index < -0.39 is 10.0 Å². The zero-order valence-corrected chi connectivity index (χ0v) is 13.8. The molecule has 0 aliphatic carbocycles. The molecular formula is C15H26N2O2S. The Balaban J connectivity index is 3.32. The first kappa shape index (κ1) is 17.0. The van der Waals surface area contributed by atoms with Crippen LogP contribution >= 0.6 is 0 Å². The predicted octanol–water partition coefficient (Wildman–Crippen LogP) is 2.72. The number of hydrogen-bond donors (Lipinski definition) is 2. The number of aryl methyl sites for hydroxylation is 1. The molecule has 0 radical (unpaired) electrons. The largest absolute Gasteiger partial charge is 0.398 e. The van der Waals surface area contributed by atoms with Crippen LogP contribution in [0.1, 0.15) is 45.7 Å². The second kappa shape index (κ2) is 6.59. The van der Waals surface area contributed by atoms with E-state index in [0.29, 0.717) is 22.6 Å². The second-order valence-corrected chi connectivity index (χ2v) is 7.21. The smallest absolute Gasteiger partial charge is 0.241 e. The van der Waals surface area contributed by atoms with Gasteiger partial charge in [-0.2, -0.15) is 0 Å². The van der Waals surface area contributed by atoms with Gasteiger partial charge >= 0.3 is 0 Å². The summed E-state index contributed by atoms with van der Waals surface area (Å²) in [5, 5.41) is 0. The fourth-order valence-corrected chi connectivity index (χ4v) is 3.77. The fraction of sp³-hybridized carbons (Fsp3) is 0.600. The lowest BCUT2D eigenvalue weighted by Crippen LogP contribution is -2.36. The molecule has 4 nitrogen and oxygen atoms in total. The molecule has 0 bridgehead atoms. The Kier molecular flexibility index (Phi) is 5.59. The summed E-state index contributed by atoms with van der Waals surface area (Å²) in [5.41, 5.74) is 8.20. The number of nitrogens with one attached hydrogen (secondary N) is 1. The highest BCUT2D eigenvalue weighted by atomic mass is 32.2. The molecule has 0 aromatic heterocycles. The van der Waals surface area contributed by atoms with Gasteiger partial charge in [-0.05, 0) is 48.9 Å². The Labute approximate surface area is 122 Å². The predicted molar refractivity (Wildman–Crippen MR) is 84.2 cm³/mol. The molecule has 20 heavy (non-hydrogen) atoms. The Bertz CT molecular complexity index is 565. The Morgan fingerprint density at radius 2 is 1.75 bits per heavy atom. The minimum Gasteiger partial charge on any atom is -0.398 e. The van der Waals surface area contributed by atoms with E-state index in [4.69, 9.17) is 5.73 Å². The third kappa shape index (κ3) is 3.73. The van der Waals surface area contributed by atoms with Crippen LogP contribution in [0.15, 0.2) is 17.0 Å². The molecule has 1 aromatic rings. The maximum absolute atomic E-state index is 12.6. The number of sulfonamides is 1. The summed E-state index contributed by atoms with van der Waals surface area (Å²) in [4.78, 5) is 0.323. The van der Waals surface area contributed by atoms with Crippen molar-refractivity contribution in [3.63, 3.8) is 0 Å². The Morgan fingerprint density at radius 1 is 1.15 bits per heavy atom. The van der Waals surface area contributed by atoms with E-state index in [0.717, 1.165) is 12.0 Å². The molecule has 0 fully saturated rings. The van der Waals surface area contributed by atoms with Crippen molar-refractivity contribution in [1.82, 2.24) is 4.72 Å². The monoisotopic (exact) mass is 298 g/mol. The van der Waals surface area contributed by atoms with E-state index in [1.807, 2.05) is 40.7 Å². The first-order valence-corrected chi connectivity index (χ1v) is 8.64. The number of benzene rings is 1. The van der Waals surface area contributed by atoms with Gasteiger partial charge in [0.15, 0.2) is 0 Å². The summed E-state index contributed by atoms with van der Waals surface area (Å²) in [6, 6.07) is 3.49. The van der Waals surface area contributed by atoms with Crippen molar-refractivity contribution < 1.29 is 8.42 Å². The molecule has 0 amide bonds. The van der Waals surface area contributed by atoms with Crippen LogP contribution in [-0.4, -0.2) is 14.5 Å². The molecule has 0 aliphatic rings. The molecule has 114 valence electrons. The summed E-state index contributed by atoms with van der Waals surface area (Å²) >= 11 is 0. The van der Waals surface area contributed by atoms with Gasteiger partial charge in [-0.1, -0.05) is 27.7 Å². The number of anilines is 1. The first-order valence-electron chi connectivity index (χ1n) is 7.16. The molecule has 1 atom stereocenters. The second-order valence-electron chi connectivity index (χ2n) is 5.52. The van der Waals surface area contributed by atoms with E-state index >= 15 is 0 Å². The van der Waals surface area contributed by atoms with Gasteiger partial charge in [0.2, 0.25) is 10.0 Å². The molecule has 0 heterocycles. The molecule has 0 spiro atoms. The lowest BCUT2D eigenvalue weighted by Gasteiger charge is -2.20. The van der Waals surface area contributed by atoms with Crippen LogP contribution in [0.4, 0.5) is 5.69 Å². The zero-order valence-electron chi connectivity index (χ0n) is 13.0. The molecule has 3 N–H and O–H groups in total. The quantitative estimate of drug-likeness (QED) is 0.793. The summed E-state index contributed by atoms with van der Waals surface area (Å²) in [6.07, 6.45) is 1.36. The minimum atomic E-state index is -3.53. The molecule has 5 heteroatoms. The SMILES string of the molecule is CCc1cc(N)c(CC)c(S(=O)(=O)NC(C)C(C)C)c1. The zero-order chi connectivity index (χ0) is 15.5. The van der Waals surface area contributed by atoms with E-state index in [-0.39, 0.29) is 12.0 Å². The lowest BCUT2D eigenvalue weighted by atomic mass is 10.1. The van der Waals surface area contributed by atoms with Crippen LogP contribution < -0.4 is 10.5 Å². The topological polar surface area (TPSA) is 72.2 Å². The first-order chi connectivity index (χ1) is 9.22. The molecular weight excluding hydrogens is 272 g/mol. The lowest BCUT2D eigenvalue weighted by molar-refractivity contribution is 0.476. The van der Waals surface area contributed by atoms with Crippen LogP contribution in [-0.2, 0) is 22.9 Å². The number of rotatable bonds is 6. The molecule has 0 saturated carbocycles. The van der Waals surface area contributed by atoms with Gasteiger partial charge in [0, 0.05) is 11.7 Å². The third-order valence-corrected chi connectivity index (χ3v) is 5.32. The van der Waals surface area contributed by atoms with Crippen LogP contribution in [0.3, 0.4) is 0 Å². The fourth-order valence-electron chi connectivity index (χ4n) is 1.99. The highest BCUT2D eigenvalue weighted by Gasteiger charge is 2.23. The van der Waals surface area contributed by atoms with Crippen molar-refractivity contribution in [2.75, 3.05) is 5.73 Å². The van der Waals surface area contributed by atoms with Crippen LogP contribution in [0.5, 0.6) is 0 Å². The van der Waals surface area contributed by atoms with Gasteiger partial charge in [0.25, 0.3) is 0 Å². The van der Waals surface area contributed by atoms with Gasteiger partial charge in [-0.15, -0.1) is 0 Å². The van der Waals surface area contributed by atoms with E-state index in [1.54, 1.807) is 6.07 Å². The van der Waals surface area contributed by atoms with Crippen molar-refractivity contribution >= 4 is 15.7 Å². The van der Waals surface area contributed by atoms with E-state index in [9.17, 15) is 8.42 Å². The summed E-state index contributed by atoms with van der Waals surface area (Å²) < 4.78 is 27.9. The van der Waals surface area contributed by atoms with Crippen LogP contribution in [0.2, 0.25) is 0 Å². The molecule has 1 aromatic carbocycles. The highest BCUT2D eigenvalue weighted by Crippen LogP contribution is 2.25. The summed E-state index contributed by atoms with van der Waals surface area (Å²) in [7, 11) is -3.53. The number of nitrogens with two attached hydrogens (primary N) is 1. The van der Waals surface area contributed by atoms with Crippen molar-refractivity contribution in [2.45, 2.75) is 58.4 Å². The van der Waals surface area contributed by atoms with E-state index in [2.05, 4.69) is 4.72 Å². The van der Waals surface area contributed by atoms with Crippen molar-refractivity contribution in [1.29, 1.82) is 0 Å². The molecule has 0 aliphatic heterocycles. The molecule has 0 saturated heterocycles. The van der Waals surface area contributed by atoms with Gasteiger partial charge in [-0.25, -0.2) is 13.1 Å². The normalized spacial score (nSPS) is 13.7. The maximum Gasteiger partial charge on any atom is 0.241 e. The Morgan fingerprint density at radius 3 is 2.20 bits per heavy atom. The van der Waals surface area contributed by atoms with Gasteiger partial charge in [0.05, 0.1) is 4.90 Å².